The summed E-state index contributed by atoms with van der Waals surface area (Å²) >= 11 is 0. The fourth-order valence-electron chi connectivity index (χ4n) is 2.00. The molecule has 0 spiro atoms. The van der Waals surface area contributed by atoms with E-state index in [1.165, 1.54) is 12.2 Å². The topological polar surface area (TPSA) is 86.6 Å². The van der Waals surface area contributed by atoms with Gasteiger partial charge >= 0.3 is 5.97 Å². The maximum absolute atomic E-state index is 11.0. The van der Waals surface area contributed by atoms with Crippen LogP contribution in [0, 0.1) is 0 Å². The van der Waals surface area contributed by atoms with Gasteiger partial charge in [0.25, 0.3) is 0 Å². The average Bonchev–Trinajstić information content (AvgIpc) is 2.43. The first-order valence-electron chi connectivity index (χ1n) is 4.44. The fraction of sp³-hybridized carbons (Fsp3) is 0.556. The number of aliphatic hydroxyl groups is 1. The predicted octanol–water partition coefficient (Wildman–Crippen LogP) is -0.938. The van der Waals surface area contributed by atoms with Gasteiger partial charge in [0.15, 0.2) is 5.78 Å². The SMILES string of the molecule is O=C1C=C[C@@]2(O)C[C@@H](C(=O)O)N[C@@H]2C1. The zero-order chi connectivity index (χ0) is 10.3. The predicted molar refractivity (Wildman–Crippen MR) is 46.7 cm³/mol. The van der Waals surface area contributed by atoms with Gasteiger partial charge in [-0.2, -0.15) is 0 Å². The van der Waals surface area contributed by atoms with Crippen molar-refractivity contribution in [2.24, 2.45) is 0 Å². The lowest BCUT2D eigenvalue weighted by Crippen LogP contribution is -2.45. The van der Waals surface area contributed by atoms with Crippen LogP contribution in [0.15, 0.2) is 12.2 Å². The van der Waals surface area contributed by atoms with Gasteiger partial charge in [-0.05, 0) is 12.2 Å². The number of carboxylic acids is 1. The molecule has 0 saturated carbocycles. The molecule has 1 aliphatic heterocycles. The van der Waals surface area contributed by atoms with E-state index in [0.717, 1.165) is 0 Å². The number of carbonyl (C=O) groups excluding carboxylic acids is 1. The Morgan fingerprint density at radius 3 is 3.00 bits per heavy atom. The second-order valence-electron chi connectivity index (χ2n) is 3.81. The molecule has 0 bridgehead atoms. The molecule has 1 saturated heterocycles. The minimum atomic E-state index is -1.17. The average molecular weight is 197 g/mol. The van der Waals surface area contributed by atoms with Crippen molar-refractivity contribution in [1.82, 2.24) is 5.32 Å². The highest BCUT2D eigenvalue weighted by atomic mass is 16.4. The van der Waals surface area contributed by atoms with Crippen LogP contribution in [0.25, 0.3) is 0 Å². The third-order valence-corrected chi connectivity index (χ3v) is 2.80. The Bertz CT molecular complexity index is 325. The van der Waals surface area contributed by atoms with E-state index < -0.39 is 23.7 Å². The van der Waals surface area contributed by atoms with Crippen molar-refractivity contribution in [2.75, 3.05) is 0 Å². The summed E-state index contributed by atoms with van der Waals surface area (Å²) in [4.78, 5) is 21.7. The van der Waals surface area contributed by atoms with Gasteiger partial charge in [0, 0.05) is 18.9 Å². The van der Waals surface area contributed by atoms with Crippen molar-refractivity contribution >= 4 is 11.8 Å². The van der Waals surface area contributed by atoms with Crippen LogP contribution < -0.4 is 5.32 Å². The molecule has 76 valence electrons. The molecular formula is C9H11NO4. The van der Waals surface area contributed by atoms with Crippen molar-refractivity contribution in [1.29, 1.82) is 0 Å². The minimum Gasteiger partial charge on any atom is -0.480 e. The first-order valence-corrected chi connectivity index (χ1v) is 4.44. The molecule has 5 heteroatoms. The van der Waals surface area contributed by atoms with E-state index in [2.05, 4.69) is 5.32 Å². The molecule has 0 aromatic rings. The quantitative estimate of drug-likeness (QED) is 0.505. The van der Waals surface area contributed by atoms with E-state index in [4.69, 9.17) is 5.11 Å². The van der Waals surface area contributed by atoms with Gasteiger partial charge in [-0.1, -0.05) is 0 Å². The Morgan fingerprint density at radius 1 is 1.64 bits per heavy atom. The van der Waals surface area contributed by atoms with Crippen molar-refractivity contribution in [3.8, 4) is 0 Å². The van der Waals surface area contributed by atoms with Crippen LogP contribution in [0.4, 0.5) is 0 Å². The fourth-order valence-corrected chi connectivity index (χ4v) is 2.00. The summed E-state index contributed by atoms with van der Waals surface area (Å²) in [5.74, 6) is -1.08. The number of aliphatic carboxylic acids is 1. The summed E-state index contributed by atoms with van der Waals surface area (Å²) in [6.45, 7) is 0. The number of hydrogen-bond acceptors (Lipinski definition) is 4. The second kappa shape index (κ2) is 2.90. The van der Waals surface area contributed by atoms with E-state index in [-0.39, 0.29) is 18.6 Å². The first-order chi connectivity index (χ1) is 6.51. The van der Waals surface area contributed by atoms with Crippen LogP contribution in [-0.4, -0.2) is 39.7 Å². The largest absolute Gasteiger partial charge is 0.480 e. The molecule has 1 aliphatic carbocycles. The normalized spacial score (nSPS) is 41.1. The van der Waals surface area contributed by atoms with Crippen LogP contribution in [-0.2, 0) is 9.59 Å². The molecule has 2 rings (SSSR count). The van der Waals surface area contributed by atoms with Crippen LogP contribution in [0.2, 0.25) is 0 Å². The van der Waals surface area contributed by atoms with Gasteiger partial charge in [-0.25, -0.2) is 0 Å². The lowest BCUT2D eigenvalue weighted by atomic mass is 9.85. The van der Waals surface area contributed by atoms with Gasteiger partial charge in [-0.15, -0.1) is 0 Å². The summed E-state index contributed by atoms with van der Waals surface area (Å²) < 4.78 is 0. The summed E-state index contributed by atoms with van der Waals surface area (Å²) in [6.07, 6.45) is 3.01. The summed E-state index contributed by atoms with van der Waals surface area (Å²) in [5, 5.41) is 21.5. The van der Waals surface area contributed by atoms with Crippen LogP contribution in [0.1, 0.15) is 12.8 Å². The molecule has 0 aromatic heterocycles. The Balaban J connectivity index is 2.22. The number of allylic oxidation sites excluding steroid dienone is 1. The number of fused-ring (bicyclic) bond motifs is 1. The Labute approximate surface area is 80.4 Å². The highest BCUT2D eigenvalue weighted by Gasteiger charge is 2.48. The molecule has 0 amide bonds. The maximum Gasteiger partial charge on any atom is 0.320 e. The minimum absolute atomic E-state index is 0.0850. The Morgan fingerprint density at radius 2 is 2.36 bits per heavy atom. The van der Waals surface area contributed by atoms with Gasteiger partial charge in [0.1, 0.15) is 11.6 Å². The smallest absolute Gasteiger partial charge is 0.320 e. The third kappa shape index (κ3) is 1.34. The number of ketones is 1. The molecule has 1 heterocycles. The van der Waals surface area contributed by atoms with Gasteiger partial charge in [0.2, 0.25) is 0 Å². The maximum atomic E-state index is 11.0. The molecule has 0 aromatic carbocycles. The highest BCUT2D eigenvalue weighted by Crippen LogP contribution is 2.31. The number of carboxylic acid groups (broad SMARTS) is 1. The van der Waals surface area contributed by atoms with Crippen LogP contribution in [0.3, 0.4) is 0 Å². The lowest BCUT2D eigenvalue weighted by Gasteiger charge is -2.28. The van der Waals surface area contributed by atoms with E-state index >= 15 is 0 Å². The van der Waals surface area contributed by atoms with Gasteiger partial charge < -0.3 is 10.2 Å². The van der Waals surface area contributed by atoms with Crippen molar-refractivity contribution in [3.63, 3.8) is 0 Å². The number of hydrogen-bond donors (Lipinski definition) is 3. The zero-order valence-corrected chi connectivity index (χ0v) is 7.43. The third-order valence-electron chi connectivity index (χ3n) is 2.80. The molecule has 1 fully saturated rings. The van der Waals surface area contributed by atoms with Gasteiger partial charge in [0.05, 0.1) is 0 Å². The molecule has 3 atom stereocenters. The molecular weight excluding hydrogens is 186 g/mol. The lowest BCUT2D eigenvalue weighted by molar-refractivity contribution is -0.139. The van der Waals surface area contributed by atoms with E-state index in [1.54, 1.807) is 0 Å². The molecule has 0 radical (unpaired) electrons. The summed E-state index contributed by atoms with van der Waals surface area (Å²) in [5.41, 5.74) is -1.17. The monoisotopic (exact) mass is 197 g/mol. The van der Waals surface area contributed by atoms with Crippen molar-refractivity contribution in [2.45, 2.75) is 30.5 Å². The molecule has 0 unspecified atom stereocenters. The molecule has 5 nitrogen and oxygen atoms in total. The van der Waals surface area contributed by atoms with Crippen molar-refractivity contribution in [3.05, 3.63) is 12.2 Å². The summed E-state index contributed by atoms with van der Waals surface area (Å²) in [7, 11) is 0. The van der Waals surface area contributed by atoms with Crippen molar-refractivity contribution < 1.29 is 19.8 Å². The number of rotatable bonds is 1. The number of nitrogens with one attached hydrogen (secondary N) is 1. The van der Waals surface area contributed by atoms with Crippen LogP contribution in [0.5, 0.6) is 0 Å². The van der Waals surface area contributed by atoms with Crippen LogP contribution >= 0.6 is 0 Å². The standard InChI is InChI=1S/C9H11NO4/c11-5-1-2-9(14)4-6(8(12)13)10-7(9)3-5/h1-2,6-7,10,14H,3-4H2,(H,12,13)/t6-,7+,9+/m0/s1. The summed E-state index contributed by atoms with van der Waals surface area (Å²) in [6, 6.07) is -1.22. The van der Waals surface area contributed by atoms with E-state index in [9.17, 15) is 14.7 Å². The molecule has 3 N–H and O–H groups in total. The Hall–Kier alpha value is -1.20. The zero-order valence-electron chi connectivity index (χ0n) is 7.43. The first kappa shape index (κ1) is 9.36. The molecule has 14 heavy (non-hydrogen) atoms. The van der Waals surface area contributed by atoms with E-state index in [1.807, 2.05) is 0 Å². The van der Waals surface area contributed by atoms with Gasteiger partial charge in [-0.3, -0.25) is 14.9 Å². The highest BCUT2D eigenvalue weighted by molar-refractivity contribution is 5.92. The van der Waals surface area contributed by atoms with E-state index in [0.29, 0.717) is 0 Å². The molecule has 2 aliphatic rings. The Kier molecular flexibility index (Phi) is 1.94. The second-order valence-corrected chi connectivity index (χ2v) is 3.81. The number of carbonyl (C=O) groups is 2.